The van der Waals surface area contributed by atoms with Gasteiger partial charge in [0.25, 0.3) is 0 Å². The summed E-state index contributed by atoms with van der Waals surface area (Å²) in [6.07, 6.45) is 2.89. The molecule has 2 heterocycles. The number of likely N-dealkylation sites (N-methyl/N-ethyl adjacent to an activating group) is 1. The quantitative estimate of drug-likeness (QED) is 0.765. The predicted molar refractivity (Wildman–Crippen MR) is 68.8 cm³/mol. The lowest BCUT2D eigenvalue weighted by Gasteiger charge is -2.37. The van der Waals surface area contributed by atoms with E-state index >= 15 is 0 Å². The normalized spacial score (nSPS) is 27.6. The largest absolute Gasteiger partial charge is 0.344 e. The molecule has 2 saturated heterocycles. The monoisotopic (exact) mass is 250 g/mol. The number of carbonyl (C=O) groups is 1. The Balaban J connectivity index is 1.84. The molecule has 2 unspecified atom stereocenters. The summed E-state index contributed by atoms with van der Waals surface area (Å²) < 4.78 is 0. The van der Waals surface area contributed by atoms with E-state index in [0.29, 0.717) is 25.6 Å². The van der Waals surface area contributed by atoms with Crippen LogP contribution in [0.15, 0.2) is 0 Å². The highest BCUT2D eigenvalue weighted by molar-refractivity contribution is 5.78. The van der Waals surface area contributed by atoms with Crippen LogP contribution in [0.3, 0.4) is 0 Å². The zero-order chi connectivity index (χ0) is 13.0. The number of hydrogen-bond acceptors (Lipinski definition) is 4. The Kier molecular flexibility index (Phi) is 4.56. The molecule has 2 atom stereocenters. The van der Waals surface area contributed by atoms with Crippen LogP contribution in [0.5, 0.6) is 0 Å². The Bertz CT molecular complexity index is 338. The van der Waals surface area contributed by atoms with Crippen molar-refractivity contribution in [1.82, 2.24) is 15.1 Å². The fraction of sp³-hybridized carbons (Fsp3) is 0.846. The average molecular weight is 250 g/mol. The van der Waals surface area contributed by atoms with Gasteiger partial charge in [-0.1, -0.05) is 0 Å². The van der Waals surface area contributed by atoms with Crippen LogP contribution in [0.25, 0.3) is 0 Å². The van der Waals surface area contributed by atoms with Crippen LogP contribution < -0.4 is 5.32 Å². The molecule has 2 rings (SSSR count). The van der Waals surface area contributed by atoms with E-state index < -0.39 is 0 Å². The van der Waals surface area contributed by atoms with Gasteiger partial charge in [0, 0.05) is 26.2 Å². The Labute approximate surface area is 109 Å². The number of piperidine rings is 1. The molecule has 0 bridgehead atoms. The van der Waals surface area contributed by atoms with E-state index in [-0.39, 0.29) is 5.91 Å². The Morgan fingerprint density at radius 1 is 1.56 bits per heavy atom. The van der Waals surface area contributed by atoms with Gasteiger partial charge in [0.15, 0.2) is 0 Å². The molecule has 18 heavy (non-hydrogen) atoms. The van der Waals surface area contributed by atoms with Crippen LogP contribution in [0.2, 0.25) is 0 Å². The highest BCUT2D eigenvalue weighted by Crippen LogP contribution is 2.26. The summed E-state index contributed by atoms with van der Waals surface area (Å²) in [6.45, 7) is 4.18. The summed E-state index contributed by atoms with van der Waals surface area (Å²) in [5.41, 5.74) is 0. The third-order valence-corrected chi connectivity index (χ3v) is 4.12. The summed E-state index contributed by atoms with van der Waals surface area (Å²) in [5, 5.41) is 12.0. The molecule has 0 aromatic rings. The fourth-order valence-electron chi connectivity index (χ4n) is 3.00. The fourth-order valence-corrected chi connectivity index (χ4v) is 3.00. The molecule has 5 heteroatoms. The lowest BCUT2D eigenvalue weighted by atomic mass is 9.92. The van der Waals surface area contributed by atoms with Crippen molar-refractivity contribution in [3.63, 3.8) is 0 Å². The highest BCUT2D eigenvalue weighted by Gasteiger charge is 2.35. The average Bonchev–Trinajstić information content (AvgIpc) is 2.85. The van der Waals surface area contributed by atoms with Crippen LogP contribution >= 0.6 is 0 Å². The summed E-state index contributed by atoms with van der Waals surface area (Å²) in [5.74, 6) is 0.855. The van der Waals surface area contributed by atoms with E-state index in [4.69, 9.17) is 5.26 Å². The second-order valence-electron chi connectivity index (χ2n) is 5.32. The molecular formula is C13H22N4O. The molecule has 2 aliphatic rings. The van der Waals surface area contributed by atoms with E-state index in [1.165, 1.54) is 12.8 Å². The van der Waals surface area contributed by atoms with E-state index in [1.807, 2.05) is 0 Å². The number of rotatable bonds is 4. The van der Waals surface area contributed by atoms with Crippen LogP contribution in [0.4, 0.5) is 0 Å². The van der Waals surface area contributed by atoms with Crippen molar-refractivity contribution in [3.8, 4) is 6.07 Å². The number of nitrogens with zero attached hydrogens (tertiary/aromatic N) is 3. The first-order valence-corrected chi connectivity index (χ1v) is 6.78. The van der Waals surface area contributed by atoms with E-state index in [9.17, 15) is 4.79 Å². The standard InChI is InChI=1S/C13H22N4O/c1-16(6-3-5-14)13(18)10-17-7-2-4-11-8-15-9-12(11)17/h11-12,15H,2-4,6-10H2,1H3. The van der Waals surface area contributed by atoms with Crippen molar-refractivity contribution in [2.45, 2.75) is 25.3 Å². The van der Waals surface area contributed by atoms with Gasteiger partial charge in [-0.3, -0.25) is 9.69 Å². The minimum Gasteiger partial charge on any atom is -0.344 e. The molecule has 0 aromatic carbocycles. The SMILES string of the molecule is CN(CCC#N)C(=O)CN1CCCC2CNCC21. The van der Waals surface area contributed by atoms with E-state index in [1.54, 1.807) is 11.9 Å². The molecule has 0 aliphatic carbocycles. The van der Waals surface area contributed by atoms with Gasteiger partial charge < -0.3 is 10.2 Å². The third-order valence-electron chi connectivity index (χ3n) is 4.12. The van der Waals surface area contributed by atoms with Gasteiger partial charge in [-0.25, -0.2) is 0 Å². The van der Waals surface area contributed by atoms with Crippen molar-refractivity contribution in [1.29, 1.82) is 5.26 Å². The number of amides is 1. The zero-order valence-electron chi connectivity index (χ0n) is 11.1. The van der Waals surface area contributed by atoms with E-state index in [2.05, 4.69) is 16.3 Å². The Hall–Kier alpha value is -1.12. The maximum Gasteiger partial charge on any atom is 0.236 e. The van der Waals surface area contributed by atoms with Crippen LogP contribution in [-0.2, 0) is 4.79 Å². The number of nitrogens with one attached hydrogen (secondary N) is 1. The maximum atomic E-state index is 12.1. The molecule has 1 amide bonds. The number of hydrogen-bond donors (Lipinski definition) is 1. The van der Waals surface area contributed by atoms with Gasteiger partial charge in [-0.05, 0) is 31.8 Å². The van der Waals surface area contributed by atoms with Crippen molar-refractivity contribution in [2.75, 3.05) is 39.8 Å². The Morgan fingerprint density at radius 2 is 2.39 bits per heavy atom. The van der Waals surface area contributed by atoms with Gasteiger partial charge in [0.05, 0.1) is 19.0 Å². The molecule has 0 spiro atoms. The second-order valence-corrected chi connectivity index (χ2v) is 5.32. The molecular weight excluding hydrogens is 228 g/mol. The van der Waals surface area contributed by atoms with Gasteiger partial charge in [0.2, 0.25) is 5.91 Å². The summed E-state index contributed by atoms with van der Waals surface area (Å²) in [4.78, 5) is 16.1. The molecule has 100 valence electrons. The summed E-state index contributed by atoms with van der Waals surface area (Å²) in [6, 6.07) is 2.61. The molecule has 2 fully saturated rings. The van der Waals surface area contributed by atoms with Gasteiger partial charge in [-0.2, -0.15) is 5.26 Å². The number of nitriles is 1. The first-order valence-electron chi connectivity index (χ1n) is 6.78. The molecule has 0 aromatic heterocycles. The van der Waals surface area contributed by atoms with Crippen molar-refractivity contribution < 1.29 is 4.79 Å². The zero-order valence-corrected chi connectivity index (χ0v) is 11.1. The van der Waals surface area contributed by atoms with Gasteiger partial charge in [0.1, 0.15) is 0 Å². The lowest BCUT2D eigenvalue weighted by Crippen LogP contribution is -2.49. The smallest absolute Gasteiger partial charge is 0.236 e. The first-order chi connectivity index (χ1) is 8.72. The second kappa shape index (κ2) is 6.17. The molecule has 5 nitrogen and oxygen atoms in total. The summed E-state index contributed by atoms with van der Waals surface area (Å²) in [7, 11) is 1.79. The molecule has 2 aliphatic heterocycles. The Morgan fingerprint density at radius 3 is 3.17 bits per heavy atom. The van der Waals surface area contributed by atoms with Crippen LogP contribution in [-0.4, -0.2) is 61.5 Å². The van der Waals surface area contributed by atoms with Gasteiger partial charge in [-0.15, -0.1) is 0 Å². The van der Waals surface area contributed by atoms with Crippen molar-refractivity contribution in [2.24, 2.45) is 5.92 Å². The molecule has 0 radical (unpaired) electrons. The number of fused-ring (bicyclic) bond motifs is 1. The minimum atomic E-state index is 0.137. The highest BCUT2D eigenvalue weighted by atomic mass is 16.2. The maximum absolute atomic E-state index is 12.1. The van der Waals surface area contributed by atoms with Crippen LogP contribution in [0.1, 0.15) is 19.3 Å². The molecule has 1 N–H and O–H groups in total. The first kappa shape index (κ1) is 13.3. The number of likely N-dealkylation sites (tertiary alicyclic amines) is 1. The van der Waals surface area contributed by atoms with Crippen molar-refractivity contribution >= 4 is 5.91 Å². The van der Waals surface area contributed by atoms with Gasteiger partial charge >= 0.3 is 0 Å². The number of carbonyl (C=O) groups excluding carboxylic acids is 1. The third kappa shape index (κ3) is 3.01. The van der Waals surface area contributed by atoms with Crippen LogP contribution in [0, 0.1) is 17.2 Å². The van der Waals surface area contributed by atoms with E-state index in [0.717, 1.165) is 25.6 Å². The van der Waals surface area contributed by atoms with Crippen molar-refractivity contribution in [3.05, 3.63) is 0 Å². The summed E-state index contributed by atoms with van der Waals surface area (Å²) >= 11 is 0. The lowest BCUT2D eigenvalue weighted by molar-refractivity contribution is -0.132. The topological polar surface area (TPSA) is 59.4 Å². The molecule has 0 saturated carbocycles. The predicted octanol–water partition coefficient (Wildman–Crippen LogP) is 0.0423. The minimum absolute atomic E-state index is 0.137.